The molecule has 0 atom stereocenters. The summed E-state index contributed by atoms with van der Waals surface area (Å²) in [4.78, 5) is 26.0. The summed E-state index contributed by atoms with van der Waals surface area (Å²) in [5.41, 5.74) is 3.39. The number of carbonyl (C=O) groups excluding carboxylic acids is 2. The lowest BCUT2D eigenvalue weighted by atomic mass is 10.1. The zero-order valence-electron chi connectivity index (χ0n) is 13.1. The predicted molar refractivity (Wildman–Crippen MR) is 87.0 cm³/mol. The fourth-order valence-electron chi connectivity index (χ4n) is 2.68. The van der Waals surface area contributed by atoms with Gasteiger partial charge in [0, 0.05) is 29.8 Å². The van der Waals surface area contributed by atoms with E-state index in [1.807, 2.05) is 18.2 Å². The summed E-state index contributed by atoms with van der Waals surface area (Å²) in [5, 5.41) is 8.74. The first-order valence-electron chi connectivity index (χ1n) is 7.73. The quantitative estimate of drug-likeness (QED) is 0.655. The maximum absolute atomic E-state index is 12.7. The molecular formula is C18H18N2O4. The lowest BCUT2D eigenvalue weighted by molar-refractivity contribution is 0.0700. The Morgan fingerprint density at radius 3 is 2.62 bits per heavy atom. The number of ether oxygens (including phenoxy) is 1. The minimum absolute atomic E-state index is 0.0272. The Kier molecular flexibility index (Phi) is 4.77. The van der Waals surface area contributed by atoms with Crippen molar-refractivity contribution in [1.29, 1.82) is 0 Å². The highest BCUT2D eigenvalue weighted by Gasteiger charge is 2.20. The van der Waals surface area contributed by atoms with Crippen LogP contribution in [0.15, 0.2) is 48.5 Å². The fraction of sp³-hybridized carbons (Fsp3) is 0.222. The van der Waals surface area contributed by atoms with Crippen LogP contribution in [0.25, 0.3) is 0 Å². The van der Waals surface area contributed by atoms with Crippen molar-refractivity contribution in [3.8, 4) is 5.75 Å². The Balaban J connectivity index is 1.86. The molecule has 0 saturated carbocycles. The van der Waals surface area contributed by atoms with Gasteiger partial charge in [-0.1, -0.05) is 24.3 Å². The van der Waals surface area contributed by atoms with E-state index in [2.05, 4.69) is 0 Å². The second kappa shape index (κ2) is 7.14. The van der Waals surface area contributed by atoms with Gasteiger partial charge < -0.3 is 9.64 Å². The van der Waals surface area contributed by atoms with Crippen molar-refractivity contribution in [3.05, 3.63) is 65.2 Å². The number of hydrogen-bond donors (Lipinski definition) is 2. The van der Waals surface area contributed by atoms with Crippen LogP contribution in [0.4, 0.5) is 0 Å². The van der Waals surface area contributed by atoms with Gasteiger partial charge in [-0.25, -0.2) is 5.48 Å². The molecular weight excluding hydrogens is 308 g/mol. The lowest BCUT2D eigenvalue weighted by Gasteiger charge is -2.27. The van der Waals surface area contributed by atoms with Crippen molar-refractivity contribution >= 4 is 11.8 Å². The van der Waals surface area contributed by atoms with E-state index < -0.39 is 5.91 Å². The number of hydrogen-bond acceptors (Lipinski definition) is 4. The zero-order valence-corrected chi connectivity index (χ0v) is 13.1. The highest BCUT2D eigenvalue weighted by atomic mass is 16.5. The summed E-state index contributed by atoms with van der Waals surface area (Å²) in [6.07, 6.45) is 0.703. The van der Waals surface area contributed by atoms with Gasteiger partial charge in [-0.2, -0.15) is 0 Å². The number of rotatable bonds is 2. The monoisotopic (exact) mass is 326 g/mol. The molecule has 2 aromatic carbocycles. The molecule has 0 aliphatic carbocycles. The van der Waals surface area contributed by atoms with Gasteiger partial charge in [0.05, 0.1) is 6.61 Å². The molecule has 2 amide bonds. The number of benzene rings is 2. The van der Waals surface area contributed by atoms with Crippen LogP contribution in [0.3, 0.4) is 0 Å². The molecule has 6 nitrogen and oxygen atoms in total. The fourth-order valence-corrected chi connectivity index (χ4v) is 2.68. The number of nitrogens with one attached hydrogen (secondary N) is 1. The van der Waals surface area contributed by atoms with E-state index in [1.165, 1.54) is 0 Å². The second-order valence-corrected chi connectivity index (χ2v) is 5.56. The molecule has 124 valence electrons. The minimum Gasteiger partial charge on any atom is -0.493 e. The van der Waals surface area contributed by atoms with Crippen molar-refractivity contribution in [1.82, 2.24) is 10.4 Å². The van der Waals surface area contributed by atoms with Crippen molar-refractivity contribution in [3.63, 3.8) is 0 Å². The minimum atomic E-state index is -0.597. The van der Waals surface area contributed by atoms with E-state index in [0.29, 0.717) is 43.0 Å². The summed E-state index contributed by atoms with van der Waals surface area (Å²) in [7, 11) is 0. The van der Waals surface area contributed by atoms with E-state index in [-0.39, 0.29) is 5.91 Å². The van der Waals surface area contributed by atoms with Gasteiger partial charge in [0.1, 0.15) is 5.75 Å². The number of hydroxylamine groups is 1. The smallest absolute Gasteiger partial charge is 0.274 e. The van der Waals surface area contributed by atoms with Gasteiger partial charge >= 0.3 is 0 Å². The zero-order chi connectivity index (χ0) is 16.9. The van der Waals surface area contributed by atoms with E-state index in [0.717, 1.165) is 5.56 Å². The van der Waals surface area contributed by atoms with Crippen LogP contribution in [-0.4, -0.2) is 35.1 Å². The lowest BCUT2D eigenvalue weighted by Crippen LogP contribution is -2.33. The van der Waals surface area contributed by atoms with E-state index in [1.54, 1.807) is 40.7 Å². The summed E-state index contributed by atoms with van der Waals surface area (Å²) in [6, 6.07) is 14.1. The van der Waals surface area contributed by atoms with Crippen LogP contribution in [0, 0.1) is 0 Å². The van der Waals surface area contributed by atoms with E-state index in [9.17, 15) is 9.59 Å². The molecule has 0 saturated heterocycles. The molecule has 0 fully saturated rings. The van der Waals surface area contributed by atoms with Crippen LogP contribution in [0.2, 0.25) is 0 Å². The molecule has 1 aliphatic heterocycles. The average molecular weight is 326 g/mol. The standard InChI is InChI=1S/C18H18N2O4/c21-17(19-23)14-7-8-15-12-20(9-4-10-24-16(15)11-14)18(22)13-5-2-1-3-6-13/h1-3,5-8,11,23H,4,9-10,12H2,(H,19,21). The summed E-state index contributed by atoms with van der Waals surface area (Å²) < 4.78 is 5.70. The molecule has 6 heteroatoms. The maximum Gasteiger partial charge on any atom is 0.274 e. The number of amides is 2. The molecule has 1 aliphatic rings. The number of nitrogens with zero attached hydrogens (tertiary/aromatic N) is 1. The Labute approximate surface area is 139 Å². The third-order valence-electron chi connectivity index (χ3n) is 3.93. The van der Waals surface area contributed by atoms with Crippen molar-refractivity contribution < 1.29 is 19.5 Å². The molecule has 3 rings (SSSR count). The van der Waals surface area contributed by atoms with Gasteiger partial charge in [0.2, 0.25) is 0 Å². The van der Waals surface area contributed by atoms with Gasteiger partial charge in [-0.3, -0.25) is 14.8 Å². The van der Waals surface area contributed by atoms with E-state index in [4.69, 9.17) is 9.94 Å². The molecule has 0 bridgehead atoms. The van der Waals surface area contributed by atoms with Gasteiger partial charge in [-0.05, 0) is 30.7 Å². The van der Waals surface area contributed by atoms with Gasteiger partial charge in [0.25, 0.3) is 11.8 Å². The highest BCUT2D eigenvalue weighted by Crippen LogP contribution is 2.25. The van der Waals surface area contributed by atoms with Crippen LogP contribution in [-0.2, 0) is 6.54 Å². The van der Waals surface area contributed by atoms with Crippen LogP contribution < -0.4 is 10.2 Å². The third kappa shape index (κ3) is 3.38. The molecule has 2 N–H and O–H groups in total. The first-order valence-corrected chi connectivity index (χ1v) is 7.73. The van der Waals surface area contributed by atoms with Crippen LogP contribution in [0.5, 0.6) is 5.75 Å². The largest absolute Gasteiger partial charge is 0.493 e. The topological polar surface area (TPSA) is 78.9 Å². The SMILES string of the molecule is O=C(NO)c1ccc2c(c1)OCCCN(C(=O)c1ccccc1)C2. The summed E-state index contributed by atoms with van der Waals surface area (Å²) in [5.74, 6) is -0.0667. The molecule has 0 aromatic heterocycles. The molecule has 2 aromatic rings. The Hall–Kier alpha value is -2.86. The van der Waals surface area contributed by atoms with Crippen molar-refractivity contribution in [2.24, 2.45) is 0 Å². The number of fused-ring (bicyclic) bond motifs is 1. The van der Waals surface area contributed by atoms with Crippen LogP contribution in [0.1, 0.15) is 32.7 Å². The molecule has 0 unspecified atom stereocenters. The predicted octanol–water partition coefficient (Wildman–Crippen LogP) is 2.23. The Morgan fingerprint density at radius 1 is 1.08 bits per heavy atom. The van der Waals surface area contributed by atoms with E-state index >= 15 is 0 Å². The highest BCUT2D eigenvalue weighted by molar-refractivity contribution is 5.95. The molecule has 0 spiro atoms. The Bertz CT molecular complexity index is 746. The van der Waals surface area contributed by atoms with Gasteiger partial charge in [0.15, 0.2) is 0 Å². The van der Waals surface area contributed by atoms with Crippen LogP contribution >= 0.6 is 0 Å². The first kappa shape index (κ1) is 16.0. The molecule has 1 heterocycles. The number of carbonyl (C=O) groups is 2. The Morgan fingerprint density at radius 2 is 1.88 bits per heavy atom. The molecule has 0 radical (unpaired) electrons. The average Bonchev–Trinajstić information content (AvgIpc) is 2.61. The van der Waals surface area contributed by atoms with Gasteiger partial charge in [-0.15, -0.1) is 0 Å². The second-order valence-electron chi connectivity index (χ2n) is 5.56. The maximum atomic E-state index is 12.7. The normalized spacial score (nSPS) is 14.0. The molecule has 24 heavy (non-hydrogen) atoms. The first-order chi connectivity index (χ1) is 11.7. The summed E-state index contributed by atoms with van der Waals surface area (Å²) >= 11 is 0. The third-order valence-corrected chi connectivity index (χ3v) is 3.93. The van der Waals surface area contributed by atoms with Crippen molar-refractivity contribution in [2.45, 2.75) is 13.0 Å². The van der Waals surface area contributed by atoms with Crippen molar-refractivity contribution in [2.75, 3.05) is 13.2 Å². The summed E-state index contributed by atoms with van der Waals surface area (Å²) in [6.45, 7) is 1.46.